The number of hydrogen-bond acceptors (Lipinski definition) is 9. The van der Waals surface area contributed by atoms with Crippen molar-refractivity contribution in [2.45, 2.75) is 45.6 Å². The molecule has 1 aliphatic rings. The van der Waals surface area contributed by atoms with Gasteiger partial charge in [-0.15, -0.1) is 0 Å². The average Bonchev–Trinajstić information content (AvgIpc) is 3.42. The van der Waals surface area contributed by atoms with Crippen molar-refractivity contribution in [3.8, 4) is 16.9 Å². The van der Waals surface area contributed by atoms with Gasteiger partial charge in [-0.1, -0.05) is 5.16 Å². The molecule has 11 nitrogen and oxygen atoms in total. The first-order chi connectivity index (χ1) is 18.0. The molecule has 1 aromatic carbocycles. The Balaban J connectivity index is 0.000000617. The first kappa shape index (κ1) is 28.0. The van der Waals surface area contributed by atoms with Crippen LogP contribution in [0.3, 0.4) is 0 Å². The Morgan fingerprint density at radius 1 is 1.18 bits per heavy atom. The van der Waals surface area contributed by atoms with Crippen LogP contribution in [-0.2, 0) is 19.6 Å². The van der Waals surface area contributed by atoms with Crippen molar-refractivity contribution in [1.29, 1.82) is 0 Å². The third-order valence-corrected chi connectivity index (χ3v) is 6.60. The van der Waals surface area contributed by atoms with E-state index in [0.717, 1.165) is 82.1 Å². The summed E-state index contributed by atoms with van der Waals surface area (Å²) in [6.07, 6.45) is 4.52. The Labute approximate surface area is 221 Å². The number of nitrogens with zero attached hydrogens (tertiary/aromatic N) is 4. The Hall–Kier alpha value is -3.06. The maximum atomic E-state index is 9.19. The summed E-state index contributed by atoms with van der Waals surface area (Å²) in [7, 11) is -0.239. The number of hydrogen-bond donors (Lipinski definition) is 1. The fourth-order valence-corrected chi connectivity index (χ4v) is 5.06. The summed E-state index contributed by atoms with van der Waals surface area (Å²) in [5.74, 6) is 2.95. The van der Waals surface area contributed by atoms with Gasteiger partial charge in [0.25, 0.3) is 10.1 Å². The molecule has 0 bridgehead atoms. The third-order valence-electron chi connectivity index (χ3n) is 6.60. The summed E-state index contributed by atoms with van der Waals surface area (Å²) in [4.78, 5) is 9.85. The first-order valence-electron chi connectivity index (χ1n) is 12.3. The van der Waals surface area contributed by atoms with Crippen LogP contribution in [0.25, 0.3) is 33.1 Å². The van der Waals surface area contributed by atoms with E-state index < -0.39 is 10.1 Å². The molecule has 0 amide bonds. The summed E-state index contributed by atoms with van der Waals surface area (Å²) < 4.78 is 50.6. The molecule has 0 spiro atoms. The molecule has 0 radical (unpaired) electrons. The van der Waals surface area contributed by atoms with Crippen LogP contribution in [0.2, 0.25) is 0 Å². The van der Waals surface area contributed by atoms with Gasteiger partial charge in [0.2, 0.25) is 0 Å². The van der Waals surface area contributed by atoms with Crippen LogP contribution in [0.5, 0.6) is 5.75 Å². The minimum atomic E-state index is -3.67. The van der Waals surface area contributed by atoms with Crippen LogP contribution < -0.4 is 4.74 Å². The quantitative estimate of drug-likeness (QED) is 0.345. The van der Waals surface area contributed by atoms with Gasteiger partial charge >= 0.3 is 0 Å². The zero-order chi connectivity index (χ0) is 27.6. The van der Waals surface area contributed by atoms with Gasteiger partial charge in [-0.3, -0.25) is 9.54 Å². The lowest BCUT2D eigenvalue weighted by Crippen LogP contribution is -2.21. The highest BCUT2D eigenvalue weighted by Crippen LogP contribution is 2.40. The highest BCUT2D eigenvalue weighted by Gasteiger charge is 2.27. The van der Waals surface area contributed by atoms with Gasteiger partial charge < -0.3 is 23.3 Å². The Morgan fingerprint density at radius 3 is 2.45 bits per heavy atom. The molecule has 38 heavy (non-hydrogen) atoms. The molecule has 3 aromatic heterocycles. The minimum Gasteiger partial charge on any atom is -0.496 e. The number of pyridine rings is 1. The van der Waals surface area contributed by atoms with Crippen molar-refractivity contribution in [1.82, 2.24) is 19.7 Å². The molecule has 1 aliphatic heterocycles. The zero-order valence-electron chi connectivity index (χ0n) is 22.5. The summed E-state index contributed by atoms with van der Waals surface area (Å²) in [5, 5.41) is 5.13. The smallest absolute Gasteiger partial charge is 0.261 e. The minimum absolute atomic E-state index is 0.122. The molecule has 0 saturated carbocycles. The Kier molecular flexibility index (Phi) is 8.36. The molecular weight excluding hydrogens is 512 g/mol. The van der Waals surface area contributed by atoms with Crippen LogP contribution in [-0.4, -0.2) is 73.0 Å². The van der Waals surface area contributed by atoms with E-state index in [1.807, 2.05) is 20.0 Å². The number of ether oxygens (including phenoxy) is 3. The van der Waals surface area contributed by atoms with Crippen molar-refractivity contribution < 1.29 is 31.7 Å². The summed E-state index contributed by atoms with van der Waals surface area (Å²) in [5.41, 5.74) is 5.52. The van der Waals surface area contributed by atoms with Crippen molar-refractivity contribution in [3.05, 3.63) is 35.6 Å². The molecule has 206 valence electrons. The number of aryl methyl sites for hydroxylation is 2. The van der Waals surface area contributed by atoms with Gasteiger partial charge in [0.05, 0.1) is 54.5 Å². The van der Waals surface area contributed by atoms with Crippen LogP contribution in [0.15, 0.2) is 22.9 Å². The predicted octanol–water partition coefficient (Wildman–Crippen LogP) is 4.47. The van der Waals surface area contributed by atoms with E-state index in [9.17, 15) is 8.42 Å². The molecular formula is C26H34N4O7S. The standard InChI is InChI=1S/C25H30N4O4.CH4O3S/c1-14(13-30-4)29-24-18-11-22(31-5)19(23-15(2)28-33-16(23)3)10-20(18)26-12-21(24)27-25(29)17-6-8-32-9-7-17;1-5(2,3)4/h10-12,14,17H,6-9,13H2,1-5H3;1H3,(H,2,3,4)/t14-;/m1./s1. The van der Waals surface area contributed by atoms with Crippen LogP contribution in [0.1, 0.15) is 49.0 Å². The normalized spacial score (nSPS) is 15.4. The Bertz CT molecular complexity index is 1510. The second kappa shape index (κ2) is 11.4. The highest BCUT2D eigenvalue weighted by atomic mass is 32.2. The monoisotopic (exact) mass is 546 g/mol. The highest BCUT2D eigenvalue weighted by molar-refractivity contribution is 7.85. The van der Waals surface area contributed by atoms with Gasteiger partial charge in [-0.2, -0.15) is 8.42 Å². The first-order valence-corrected chi connectivity index (χ1v) is 14.2. The van der Waals surface area contributed by atoms with E-state index in [2.05, 4.69) is 28.8 Å². The van der Waals surface area contributed by atoms with Crippen molar-refractivity contribution in [3.63, 3.8) is 0 Å². The molecule has 1 N–H and O–H groups in total. The van der Waals surface area contributed by atoms with Crippen LogP contribution in [0.4, 0.5) is 0 Å². The molecule has 5 rings (SSSR count). The maximum absolute atomic E-state index is 9.19. The maximum Gasteiger partial charge on any atom is 0.261 e. The number of methoxy groups -OCH3 is 2. The van der Waals surface area contributed by atoms with Crippen LogP contribution in [0, 0.1) is 13.8 Å². The van der Waals surface area contributed by atoms with E-state index in [-0.39, 0.29) is 6.04 Å². The Morgan fingerprint density at radius 2 is 1.87 bits per heavy atom. The van der Waals surface area contributed by atoms with Gasteiger partial charge in [0, 0.05) is 37.2 Å². The molecule has 0 aliphatic carbocycles. The predicted molar refractivity (Wildman–Crippen MR) is 143 cm³/mol. The molecule has 0 unspecified atom stereocenters. The molecule has 1 atom stereocenters. The summed E-state index contributed by atoms with van der Waals surface area (Å²) >= 11 is 0. The fraction of sp³-hybridized carbons (Fsp3) is 0.500. The van der Waals surface area contributed by atoms with E-state index in [0.29, 0.717) is 18.8 Å². The average molecular weight is 547 g/mol. The number of fused-ring (bicyclic) bond motifs is 3. The molecule has 4 aromatic rings. The fourth-order valence-electron chi connectivity index (χ4n) is 5.06. The van der Waals surface area contributed by atoms with E-state index in [4.69, 9.17) is 33.3 Å². The number of rotatable bonds is 6. The number of benzene rings is 1. The SMILES string of the molecule is COC[C@@H](C)n1c(C2CCOCC2)nc2cnc3cc(-c4c(C)noc4C)c(OC)cc3c21.CS(=O)(=O)O. The number of imidazole rings is 1. The van der Waals surface area contributed by atoms with Gasteiger partial charge in [-0.05, 0) is 45.7 Å². The van der Waals surface area contributed by atoms with Gasteiger partial charge in [0.15, 0.2) is 0 Å². The van der Waals surface area contributed by atoms with E-state index >= 15 is 0 Å². The largest absolute Gasteiger partial charge is 0.496 e. The second-order valence-electron chi connectivity index (χ2n) is 9.52. The summed E-state index contributed by atoms with van der Waals surface area (Å²) in [6.45, 7) is 8.15. The second-order valence-corrected chi connectivity index (χ2v) is 11.0. The zero-order valence-corrected chi connectivity index (χ0v) is 23.3. The molecule has 1 saturated heterocycles. The van der Waals surface area contributed by atoms with E-state index in [1.165, 1.54) is 0 Å². The lowest BCUT2D eigenvalue weighted by atomic mass is 9.99. The molecule has 4 heterocycles. The lowest BCUT2D eigenvalue weighted by molar-refractivity contribution is 0.0817. The molecule has 12 heteroatoms. The molecule has 1 fully saturated rings. The van der Waals surface area contributed by atoms with Gasteiger partial charge in [0.1, 0.15) is 22.9 Å². The summed E-state index contributed by atoms with van der Waals surface area (Å²) in [6, 6.07) is 4.25. The number of aromatic nitrogens is 4. The van der Waals surface area contributed by atoms with Gasteiger partial charge in [-0.25, -0.2) is 4.98 Å². The lowest BCUT2D eigenvalue weighted by Gasteiger charge is -2.25. The van der Waals surface area contributed by atoms with Crippen LogP contribution >= 0.6 is 0 Å². The van der Waals surface area contributed by atoms with Crippen molar-refractivity contribution in [2.75, 3.05) is 40.3 Å². The topological polar surface area (TPSA) is 139 Å². The van der Waals surface area contributed by atoms with Crippen molar-refractivity contribution in [2.24, 2.45) is 0 Å². The van der Waals surface area contributed by atoms with Crippen molar-refractivity contribution >= 4 is 32.1 Å². The third kappa shape index (κ3) is 5.83. The van der Waals surface area contributed by atoms with E-state index in [1.54, 1.807) is 14.2 Å².